The van der Waals surface area contributed by atoms with Gasteiger partial charge >= 0.3 is 0 Å². The molecule has 0 spiro atoms. The predicted octanol–water partition coefficient (Wildman–Crippen LogP) is 0.0249. The molecule has 1 atom stereocenters. The van der Waals surface area contributed by atoms with Crippen molar-refractivity contribution >= 4 is 27.5 Å². The van der Waals surface area contributed by atoms with Gasteiger partial charge < -0.3 is 5.73 Å². The molecule has 16 heavy (non-hydrogen) atoms. The van der Waals surface area contributed by atoms with Gasteiger partial charge in [0.05, 0.1) is 0 Å². The van der Waals surface area contributed by atoms with Gasteiger partial charge in [0.25, 0.3) is 0 Å². The lowest BCUT2D eigenvalue weighted by Crippen LogP contribution is -2.41. The van der Waals surface area contributed by atoms with Crippen LogP contribution in [-0.4, -0.2) is 19.6 Å². The molecule has 0 saturated carbocycles. The number of primary sulfonamides is 1. The summed E-state index contributed by atoms with van der Waals surface area (Å²) < 4.78 is 22.2. The zero-order chi connectivity index (χ0) is 12.3. The maximum Gasteiger partial charge on any atom is 0.237 e. The van der Waals surface area contributed by atoms with E-state index in [1.165, 1.54) is 0 Å². The summed E-state index contributed by atoms with van der Waals surface area (Å²) in [7, 11) is -3.98. The van der Waals surface area contributed by atoms with Crippen molar-refractivity contribution in [3.63, 3.8) is 0 Å². The molecule has 0 aliphatic rings. The molecular formula is C9H11ClN2O3S. The highest BCUT2D eigenvalue weighted by molar-refractivity contribution is 7.90. The van der Waals surface area contributed by atoms with Crippen molar-refractivity contribution in [3.8, 4) is 0 Å². The Morgan fingerprint density at radius 2 is 1.81 bits per heavy atom. The third kappa shape index (κ3) is 3.48. The second-order valence-electron chi connectivity index (χ2n) is 3.31. The lowest BCUT2D eigenvalue weighted by molar-refractivity contribution is -0.117. The highest BCUT2D eigenvalue weighted by Crippen LogP contribution is 2.13. The quantitative estimate of drug-likeness (QED) is 0.800. The Morgan fingerprint density at radius 3 is 2.19 bits per heavy atom. The van der Waals surface area contributed by atoms with E-state index in [9.17, 15) is 13.2 Å². The number of benzene rings is 1. The maximum atomic E-state index is 11.1. The van der Waals surface area contributed by atoms with Crippen molar-refractivity contribution in [3.05, 3.63) is 34.9 Å². The lowest BCUT2D eigenvalue weighted by atomic mass is 10.1. The Hall–Kier alpha value is -1.11. The molecule has 1 rings (SSSR count). The number of carbonyl (C=O) groups excluding carboxylic acids is 1. The number of primary amides is 1. The van der Waals surface area contributed by atoms with E-state index < -0.39 is 21.2 Å². The first kappa shape index (κ1) is 13.0. The Bertz CT molecular complexity index is 484. The average molecular weight is 263 g/mol. The highest BCUT2D eigenvalue weighted by atomic mass is 35.5. The van der Waals surface area contributed by atoms with Gasteiger partial charge in [0.2, 0.25) is 15.9 Å². The fraction of sp³-hybridized carbons (Fsp3) is 0.222. The summed E-state index contributed by atoms with van der Waals surface area (Å²) in [6.45, 7) is 0. The van der Waals surface area contributed by atoms with Crippen molar-refractivity contribution in [1.82, 2.24) is 0 Å². The van der Waals surface area contributed by atoms with Gasteiger partial charge in [-0.05, 0) is 24.1 Å². The van der Waals surface area contributed by atoms with E-state index in [0.717, 1.165) is 0 Å². The van der Waals surface area contributed by atoms with E-state index in [1.54, 1.807) is 24.3 Å². The molecule has 0 bridgehead atoms. The van der Waals surface area contributed by atoms with E-state index in [0.29, 0.717) is 10.6 Å². The smallest absolute Gasteiger partial charge is 0.237 e. The molecule has 1 aromatic carbocycles. The van der Waals surface area contributed by atoms with Crippen LogP contribution in [0.4, 0.5) is 0 Å². The maximum absolute atomic E-state index is 11.1. The van der Waals surface area contributed by atoms with Crippen molar-refractivity contribution in [2.24, 2.45) is 10.9 Å². The lowest BCUT2D eigenvalue weighted by Gasteiger charge is -2.10. The summed E-state index contributed by atoms with van der Waals surface area (Å²) in [5.74, 6) is -0.961. The number of hydrogen-bond donors (Lipinski definition) is 2. The summed E-state index contributed by atoms with van der Waals surface area (Å²) in [5.41, 5.74) is 5.60. The van der Waals surface area contributed by atoms with Crippen LogP contribution in [0.25, 0.3) is 0 Å². The molecular weight excluding hydrogens is 252 g/mol. The van der Waals surface area contributed by atoms with Crippen molar-refractivity contribution in [1.29, 1.82) is 0 Å². The monoisotopic (exact) mass is 262 g/mol. The van der Waals surface area contributed by atoms with Gasteiger partial charge in [-0.25, -0.2) is 13.6 Å². The summed E-state index contributed by atoms with van der Waals surface area (Å²) in [4.78, 5) is 11.0. The van der Waals surface area contributed by atoms with Gasteiger partial charge in [0.15, 0.2) is 5.25 Å². The van der Waals surface area contributed by atoms with Crippen LogP contribution in [0.2, 0.25) is 5.02 Å². The molecule has 7 heteroatoms. The second kappa shape index (κ2) is 4.82. The molecule has 0 fully saturated rings. The number of amides is 1. The van der Waals surface area contributed by atoms with Gasteiger partial charge in [-0.1, -0.05) is 23.7 Å². The molecule has 4 N–H and O–H groups in total. The van der Waals surface area contributed by atoms with E-state index in [-0.39, 0.29) is 6.42 Å². The Kier molecular flexibility index (Phi) is 3.90. The zero-order valence-electron chi connectivity index (χ0n) is 8.26. The molecule has 0 aliphatic carbocycles. The fourth-order valence-electron chi connectivity index (χ4n) is 1.21. The topological polar surface area (TPSA) is 103 Å². The minimum Gasteiger partial charge on any atom is -0.368 e. The molecule has 0 aromatic heterocycles. The van der Waals surface area contributed by atoms with Gasteiger partial charge in [-0.2, -0.15) is 0 Å². The Morgan fingerprint density at radius 1 is 1.31 bits per heavy atom. The number of halogens is 1. The van der Waals surface area contributed by atoms with Crippen LogP contribution in [0.5, 0.6) is 0 Å². The van der Waals surface area contributed by atoms with Crippen molar-refractivity contribution in [2.45, 2.75) is 11.7 Å². The van der Waals surface area contributed by atoms with E-state index in [1.807, 2.05) is 0 Å². The Balaban J connectivity index is 2.93. The fourth-order valence-corrected chi connectivity index (χ4v) is 2.09. The first-order valence-corrected chi connectivity index (χ1v) is 6.35. The van der Waals surface area contributed by atoms with Crippen molar-refractivity contribution in [2.75, 3.05) is 0 Å². The normalized spacial score (nSPS) is 13.4. The number of rotatable bonds is 4. The van der Waals surface area contributed by atoms with Crippen LogP contribution in [0.1, 0.15) is 5.56 Å². The van der Waals surface area contributed by atoms with E-state index >= 15 is 0 Å². The van der Waals surface area contributed by atoms with Crippen LogP contribution in [0.15, 0.2) is 24.3 Å². The van der Waals surface area contributed by atoms with E-state index in [4.69, 9.17) is 22.5 Å². The summed E-state index contributed by atoms with van der Waals surface area (Å²) in [6, 6.07) is 6.42. The van der Waals surface area contributed by atoms with Crippen LogP contribution in [0, 0.1) is 0 Å². The molecule has 5 nitrogen and oxygen atoms in total. The largest absolute Gasteiger partial charge is 0.368 e. The number of nitrogens with two attached hydrogens (primary N) is 2. The molecule has 0 heterocycles. The third-order valence-electron chi connectivity index (χ3n) is 2.05. The molecule has 1 unspecified atom stereocenters. The number of sulfonamides is 1. The minimum atomic E-state index is -3.98. The molecule has 0 radical (unpaired) electrons. The summed E-state index contributed by atoms with van der Waals surface area (Å²) in [5, 5.41) is 4.02. The molecule has 1 aromatic rings. The zero-order valence-corrected chi connectivity index (χ0v) is 9.83. The van der Waals surface area contributed by atoms with Crippen LogP contribution in [-0.2, 0) is 21.2 Å². The van der Waals surface area contributed by atoms with Gasteiger partial charge in [-0.15, -0.1) is 0 Å². The second-order valence-corrected chi connectivity index (χ2v) is 5.49. The van der Waals surface area contributed by atoms with Crippen LogP contribution >= 0.6 is 11.6 Å². The molecule has 1 amide bonds. The van der Waals surface area contributed by atoms with Crippen molar-refractivity contribution < 1.29 is 13.2 Å². The third-order valence-corrected chi connectivity index (χ3v) is 3.49. The highest BCUT2D eigenvalue weighted by Gasteiger charge is 2.27. The van der Waals surface area contributed by atoms with Gasteiger partial charge in [0, 0.05) is 5.02 Å². The first-order valence-electron chi connectivity index (χ1n) is 4.36. The Labute approximate surface area is 98.4 Å². The number of hydrogen-bond acceptors (Lipinski definition) is 3. The molecule has 0 aliphatic heterocycles. The summed E-state index contributed by atoms with van der Waals surface area (Å²) in [6.07, 6.45) is -0.0503. The predicted molar refractivity (Wildman–Crippen MR) is 61.2 cm³/mol. The van der Waals surface area contributed by atoms with Gasteiger partial charge in [-0.3, -0.25) is 4.79 Å². The minimum absolute atomic E-state index is 0.0503. The van der Waals surface area contributed by atoms with Crippen LogP contribution < -0.4 is 10.9 Å². The van der Waals surface area contributed by atoms with Crippen LogP contribution in [0.3, 0.4) is 0 Å². The first-order chi connectivity index (χ1) is 7.30. The standard InChI is InChI=1S/C9H11ClN2O3S/c10-7-3-1-6(2-4-7)5-8(9(11)13)16(12,14)15/h1-4,8H,5H2,(H2,11,13)(H2,12,14,15). The van der Waals surface area contributed by atoms with E-state index in [2.05, 4.69) is 0 Å². The number of carbonyl (C=O) groups is 1. The average Bonchev–Trinajstić information content (AvgIpc) is 2.14. The molecule has 0 saturated heterocycles. The SMILES string of the molecule is NC(=O)C(Cc1ccc(Cl)cc1)S(N)(=O)=O. The van der Waals surface area contributed by atoms with Gasteiger partial charge in [0.1, 0.15) is 0 Å². The summed E-state index contributed by atoms with van der Waals surface area (Å²) >= 11 is 5.67. The molecule has 88 valence electrons.